The SMILES string of the molecule is O=C(c1cccnc1Nc1ccc(F)cc1)N1CCCC1. The molecule has 5 heteroatoms. The minimum atomic E-state index is -0.296. The van der Waals surface area contributed by atoms with Gasteiger partial charge in [0.15, 0.2) is 0 Å². The van der Waals surface area contributed by atoms with Gasteiger partial charge in [-0.15, -0.1) is 0 Å². The van der Waals surface area contributed by atoms with Crippen molar-refractivity contribution in [1.82, 2.24) is 9.88 Å². The zero-order valence-corrected chi connectivity index (χ0v) is 11.6. The lowest BCUT2D eigenvalue weighted by molar-refractivity contribution is 0.0793. The number of carbonyl (C=O) groups is 1. The molecule has 1 aliphatic rings. The highest BCUT2D eigenvalue weighted by atomic mass is 19.1. The first-order valence-electron chi connectivity index (χ1n) is 7.01. The van der Waals surface area contributed by atoms with E-state index in [1.54, 1.807) is 30.5 Å². The van der Waals surface area contributed by atoms with Crippen LogP contribution in [0.4, 0.5) is 15.9 Å². The maximum atomic E-state index is 12.9. The van der Waals surface area contributed by atoms with Crippen molar-refractivity contribution >= 4 is 17.4 Å². The number of hydrogen-bond acceptors (Lipinski definition) is 3. The summed E-state index contributed by atoms with van der Waals surface area (Å²) in [7, 11) is 0. The number of hydrogen-bond donors (Lipinski definition) is 1. The second-order valence-corrected chi connectivity index (χ2v) is 5.03. The van der Waals surface area contributed by atoms with Gasteiger partial charge < -0.3 is 10.2 Å². The number of nitrogens with one attached hydrogen (secondary N) is 1. The van der Waals surface area contributed by atoms with Gasteiger partial charge in [-0.1, -0.05) is 0 Å². The summed E-state index contributed by atoms with van der Waals surface area (Å²) < 4.78 is 12.9. The van der Waals surface area contributed by atoms with E-state index < -0.39 is 0 Å². The number of anilines is 2. The Morgan fingerprint density at radius 1 is 1.14 bits per heavy atom. The van der Waals surface area contributed by atoms with Gasteiger partial charge in [-0.05, 0) is 49.2 Å². The van der Waals surface area contributed by atoms with Crippen LogP contribution in [-0.4, -0.2) is 28.9 Å². The van der Waals surface area contributed by atoms with E-state index in [1.807, 2.05) is 4.90 Å². The fraction of sp³-hybridized carbons (Fsp3) is 0.250. The monoisotopic (exact) mass is 285 g/mol. The average molecular weight is 285 g/mol. The van der Waals surface area contributed by atoms with Crippen molar-refractivity contribution in [3.05, 3.63) is 54.0 Å². The molecule has 0 unspecified atom stereocenters. The van der Waals surface area contributed by atoms with E-state index in [1.165, 1.54) is 12.1 Å². The Kier molecular flexibility index (Phi) is 3.81. The van der Waals surface area contributed by atoms with Crippen molar-refractivity contribution in [3.63, 3.8) is 0 Å². The van der Waals surface area contributed by atoms with E-state index in [9.17, 15) is 9.18 Å². The molecule has 1 fully saturated rings. The molecule has 0 radical (unpaired) electrons. The van der Waals surface area contributed by atoms with Gasteiger partial charge in [0.2, 0.25) is 0 Å². The van der Waals surface area contributed by atoms with E-state index in [4.69, 9.17) is 0 Å². The molecule has 0 bridgehead atoms. The van der Waals surface area contributed by atoms with Crippen LogP contribution < -0.4 is 5.32 Å². The van der Waals surface area contributed by atoms with Crippen LogP contribution in [0.1, 0.15) is 23.2 Å². The molecule has 108 valence electrons. The summed E-state index contributed by atoms with van der Waals surface area (Å²) in [6, 6.07) is 9.49. The number of pyridine rings is 1. The van der Waals surface area contributed by atoms with Crippen LogP contribution in [-0.2, 0) is 0 Å². The van der Waals surface area contributed by atoms with E-state index in [0.717, 1.165) is 25.9 Å². The number of amides is 1. The molecule has 4 nitrogen and oxygen atoms in total. The Balaban J connectivity index is 1.85. The fourth-order valence-corrected chi connectivity index (χ4v) is 2.44. The van der Waals surface area contributed by atoms with Gasteiger partial charge in [-0.3, -0.25) is 4.79 Å². The molecule has 1 saturated heterocycles. The van der Waals surface area contributed by atoms with E-state index in [2.05, 4.69) is 10.3 Å². The smallest absolute Gasteiger partial charge is 0.257 e. The van der Waals surface area contributed by atoms with Gasteiger partial charge in [0.1, 0.15) is 11.6 Å². The molecule has 1 aliphatic heterocycles. The Labute approximate surface area is 122 Å². The van der Waals surface area contributed by atoms with Crippen molar-refractivity contribution in [2.45, 2.75) is 12.8 Å². The minimum absolute atomic E-state index is 0.00906. The standard InChI is InChI=1S/C16H16FN3O/c17-12-5-7-13(8-6-12)19-15-14(4-3-9-18-15)16(21)20-10-1-2-11-20/h3-9H,1-2,10-11H2,(H,18,19). The molecular weight excluding hydrogens is 269 g/mol. The number of nitrogens with zero attached hydrogens (tertiary/aromatic N) is 2. The molecule has 1 amide bonds. The molecule has 0 spiro atoms. The van der Waals surface area contributed by atoms with Gasteiger partial charge in [-0.25, -0.2) is 9.37 Å². The minimum Gasteiger partial charge on any atom is -0.340 e. The number of benzene rings is 1. The summed E-state index contributed by atoms with van der Waals surface area (Å²) in [6.07, 6.45) is 3.73. The lowest BCUT2D eigenvalue weighted by Gasteiger charge is -2.17. The van der Waals surface area contributed by atoms with Crippen LogP contribution in [0.3, 0.4) is 0 Å². The van der Waals surface area contributed by atoms with Crippen LogP contribution in [0, 0.1) is 5.82 Å². The number of carbonyl (C=O) groups excluding carboxylic acids is 1. The maximum Gasteiger partial charge on any atom is 0.257 e. The normalized spacial score (nSPS) is 14.2. The zero-order chi connectivity index (χ0) is 14.7. The third kappa shape index (κ3) is 3.02. The molecule has 0 aliphatic carbocycles. The summed E-state index contributed by atoms with van der Waals surface area (Å²) >= 11 is 0. The lowest BCUT2D eigenvalue weighted by atomic mass is 10.2. The van der Waals surface area contributed by atoms with Gasteiger partial charge >= 0.3 is 0 Å². The average Bonchev–Trinajstić information content (AvgIpc) is 3.04. The first-order chi connectivity index (χ1) is 10.2. The van der Waals surface area contributed by atoms with Crippen LogP contribution in [0.15, 0.2) is 42.6 Å². The third-order valence-electron chi connectivity index (χ3n) is 3.54. The second-order valence-electron chi connectivity index (χ2n) is 5.03. The topological polar surface area (TPSA) is 45.2 Å². The molecule has 21 heavy (non-hydrogen) atoms. The van der Waals surface area contributed by atoms with Crippen molar-refractivity contribution < 1.29 is 9.18 Å². The lowest BCUT2D eigenvalue weighted by Crippen LogP contribution is -2.28. The summed E-state index contributed by atoms with van der Waals surface area (Å²) in [5.74, 6) is 0.196. The Bertz CT molecular complexity index is 636. The van der Waals surface area contributed by atoms with Crippen molar-refractivity contribution in [2.75, 3.05) is 18.4 Å². The molecule has 1 aromatic heterocycles. The highest BCUT2D eigenvalue weighted by molar-refractivity contribution is 5.99. The van der Waals surface area contributed by atoms with Crippen molar-refractivity contribution in [1.29, 1.82) is 0 Å². The molecule has 0 saturated carbocycles. The van der Waals surface area contributed by atoms with Gasteiger partial charge in [0, 0.05) is 25.0 Å². The van der Waals surface area contributed by atoms with Gasteiger partial charge in [-0.2, -0.15) is 0 Å². The third-order valence-corrected chi connectivity index (χ3v) is 3.54. The molecular formula is C16H16FN3O. The predicted octanol–water partition coefficient (Wildman–Crippen LogP) is 3.20. The molecule has 2 heterocycles. The van der Waals surface area contributed by atoms with Crippen LogP contribution in [0.25, 0.3) is 0 Å². The number of likely N-dealkylation sites (tertiary alicyclic amines) is 1. The van der Waals surface area contributed by atoms with Crippen LogP contribution in [0.2, 0.25) is 0 Å². The summed E-state index contributed by atoms with van der Waals surface area (Å²) in [5, 5.41) is 3.08. The first-order valence-corrected chi connectivity index (χ1v) is 7.01. The summed E-state index contributed by atoms with van der Waals surface area (Å²) in [5.41, 5.74) is 1.24. The molecule has 0 atom stereocenters. The van der Waals surface area contributed by atoms with Gasteiger partial charge in [0.25, 0.3) is 5.91 Å². The molecule has 3 rings (SSSR count). The number of aromatic nitrogens is 1. The van der Waals surface area contributed by atoms with Gasteiger partial charge in [0.05, 0.1) is 5.56 Å². The maximum absolute atomic E-state index is 12.9. The Morgan fingerprint density at radius 3 is 2.57 bits per heavy atom. The van der Waals surface area contributed by atoms with Crippen LogP contribution in [0.5, 0.6) is 0 Å². The molecule has 1 aromatic carbocycles. The number of halogens is 1. The zero-order valence-electron chi connectivity index (χ0n) is 11.6. The highest BCUT2D eigenvalue weighted by Gasteiger charge is 2.22. The van der Waals surface area contributed by atoms with Crippen molar-refractivity contribution in [2.24, 2.45) is 0 Å². The summed E-state index contributed by atoms with van der Waals surface area (Å²) in [4.78, 5) is 18.6. The highest BCUT2D eigenvalue weighted by Crippen LogP contribution is 2.21. The Hall–Kier alpha value is -2.43. The quantitative estimate of drug-likeness (QED) is 0.942. The molecule has 1 N–H and O–H groups in total. The molecule has 2 aromatic rings. The van der Waals surface area contributed by atoms with E-state index in [-0.39, 0.29) is 11.7 Å². The van der Waals surface area contributed by atoms with E-state index >= 15 is 0 Å². The number of rotatable bonds is 3. The fourth-order valence-electron chi connectivity index (χ4n) is 2.44. The Morgan fingerprint density at radius 2 is 1.86 bits per heavy atom. The second kappa shape index (κ2) is 5.91. The van der Waals surface area contributed by atoms with Crippen LogP contribution >= 0.6 is 0 Å². The summed E-state index contributed by atoms with van der Waals surface area (Å²) in [6.45, 7) is 1.59. The van der Waals surface area contributed by atoms with Crippen molar-refractivity contribution in [3.8, 4) is 0 Å². The van der Waals surface area contributed by atoms with E-state index in [0.29, 0.717) is 17.1 Å². The first kappa shape index (κ1) is 13.5. The largest absolute Gasteiger partial charge is 0.340 e. The predicted molar refractivity (Wildman–Crippen MR) is 79.1 cm³/mol.